The Balaban J connectivity index is 1.71. The first kappa shape index (κ1) is 29.2. The molecule has 0 amide bonds. The number of benzene rings is 1. The van der Waals surface area contributed by atoms with Crippen LogP contribution in [0, 0.1) is 18.6 Å². The Labute approximate surface area is 237 Å². The van der Waals surface area contributed by atoms with E-state index in [0.717, 1.165) is 18.6 Å². The second-order valence-corrected chi connectivity index (χ2v) is 9.83. The predicted molar refractivity (Wildman–Crippen MR) is 146 cm³/mol. The van der Waals surface area contributed by atoms with Crippen LogP contribution in [-0.2, 0) is 12.6 Å². The standard InChI is InChI=1S/C28H28F5N7O2/c1-14-3-7-36-10-11-37-25-19-24(39-27(40-25)41-12-6-16-4-8-35-9-5-16)22(30)23(38-26(19)42-14)17-13-18(34)21(29)15(2)20(17)28(31,32)33/h4-5,8-9,13-14,36H,3,6-7,10-12,34H2,1-2H3,(H,37,39,40). The molecule has 42 heavy (non-hydrogen) atoms. The lowest BCUT2D eigenvalue weighted by molar-refractivity contribution is -0.137. The molecule has 222 valence electrons. The zero-order chi connectivity index (χ0) is 30.0. The summed E-state index contributed by atoms with van der Waals surface area (Å²) >= 11 is 0. The van der Waals surface area contributed by atoms with E-state index >= 15 is 4.39 Å². The van der Waals surface area contributed by atoms with E-state index in [2.05, 4.69) is 30.6 Å². The minimum atomic E-state index is -5.05. The van der Waals surface area contributed by atoms with Gasteiger partial charge in [0.05, 0.1) is 24.0 Å². The number of aromatic nitrogens is 4. The highest BCUT2D eigenvalue weighted by Gasteiger charge is 2.39. The molecular weight excluding hydrogens is 561 g/mol. The molecule has 1 aliphatic heterocycles. The molecule has 0 fully saturated rings. The van der Waals surface area contributed by atoms with Crippen LogP contribution >= 0.6 is 0 Å². The van der Waals surface area contributed by atoms with Crippen molar-refractivity contribution in [3.63, 3.8) is 0 Å². The number of halogens is 5. The van der Waals surface area contributed by atoms with Crippen LogP contribution in [0.25, 0.3) is 22.2 Å². The Hall–Kier alpha value is -4.33. The summed E-state index contributed by atoms with van der Waals surface area (Å²) in [6.45, 7) is 4.31. The average Bonchev–Trinajstić information content (AvgIpc) is 2.97. The van der Waals surface area contributed by atoms with E-state index < -0.39 is 52.0 Å². The van der Waals surface area contributed by atoms with E-state index in [-0.39, 0.29) is 35.2 Å². The fourth-order valence-corrected chi connectivity index (χ4v) is 4.71. The summed E-state index contributed by atoms with van der Waals surface area (Å²) in [5.41, 5.74) is 2.00. The molecule has 5 rings (SSSR count). The third kappa shape index (κ3) is 5.98. The lowest BCUT2D eigenvalue weighted by Gasteiger charge is -2.21. The van der Waals surface area contributed by atoms with Crippen LogP contribution < -0.4 is 25.8 Å². The van der Waals surface area contributed by atoms with Crippen LogP contribution in [0.3, 0.4) is 0 Å². The molecule has 4 heterocycles. The highest BCUT2D eigenvalue weighted by Crippen LogP contribution is 2.44. The highest BCUT2D eigenvalue weighted by molar-refractivity contribution is 5.96. The lowest BCUT2D eigenvalue weighted by atomic mass is 9.96. The third-order valence-electron chi connectivity index (χ3n) is 6.80. The first-order chi connectivity index (χ1) is 20.0. The highest BCUT2D eigenvalue weighted by atomic mass is 19.4. The largest absolute Gasteiger partial charge is 0.474 e. The second kappa shape index (κ2) is 11.9. The maximum Gasteiger partial charge on any atom is 0.417 e. The van der Waals surface area contributed by atoms with Gasteiger partial charge in [-0.15, -0.1) is 0 Å². The van der Waals surface area contributed by atoms with Crippen LogP contribution in [0.1, 0.15) is 30.0 Å². The molecule has 0 saturated carbocycles. The van der Waals surface area contributed by atoms with E-state index in [9.17, 15) is 17.6 Å². The average molecular weight is 590 g/mol. The van der Waals surface area contributed by atoms with E-state index in [1.165, 1.54) is 0 Å². The fourth-order valence-electron chi connectivity index (χ4n) is 4.71. The number of nitrogens with two attached hydrogens (primary N) is 1. The van der Waals surface area contributed by atoms with E-state index in [1.54, 1.807) is 19.3 Å². The van der Waals surface area contributed by atoms with Crippen LogP contribution in [0.2, 0.25) is 0 Å². The number of hydrogen-bond acceptors (Lipinski definition) is 9. The Morgan fingerprint density at radius 3 is 2.57 bits per heavy atom. The minimum Gasteiger partial charge on any atom is -0.474 e. The van der Waals surface area contributed by atoms with Gasteiger partial charge >= 0.3 is 12.2 Å². The predicted octanol–water partition coefficient (Wildman–Crippen LogP) is 5.07. The van der Waals surface area contributed by atoms with E-state index in [0.29, 0.717) is 32.5 Å². The second-order valence-electron chi connectivity index (χ2n) is 9.83. The lowest BCUT2D eigenvalue weighted by Crippen LogP contribution is -2.26. The quantitative estimate of drug-likeness (QED) is 0.217. The van der Waals surface area contributed by atoms with Crippen LogP contribution in [0.15, 0.2) is 30.6 Å². The van der Waals surface area contributed by atoms with Crippen LogP contribution in [-0.4, -0.2) is 52.3 Å². The zero-order valence-electron chi connectivity index (χ0n) is 22.8. The van der Waals surface area contributed by atoms with Gasteiger partial charge in [-0.3, -0.25) is 4.98 Å². The van der Waals surface area contributed by atoms with Gasteiger partial charge < -0.3 is 25.8 Å². The Morgan fingerprint density at radius 2 is 1.83 bits per heavy atom. The van der Waals surface area contributed by atoms with Crippen molar-refractivity contribution in [1.29, 1.82) is 0 Å². The fraction of sp³-hybridized carbons (Fsp3) is 0.357. The molecule has 1 aromatic carbocycles. The molecule has 14 heteroatoms. The van der Waals surface area contributed by atoms with Gasteiger partial charge in [-0.1, -0.05) is 0 Å². The van der Waals surface area contributed by atoms with Gasteiger partial charge in [0.1, 0.15) is 28.2 Å². The molecule has 3 aromatic heterocycles. The van der Waals surface area contributed by atoms with Crippen molar-refractivity contribution in [3.8, 4) is 23.1 Å². The normalized spacial score (nSPS) is 15.9. The molecule has 0 radical (unpaired) electrons. The van der Waals surface area contributed by atoms with Crippen molar-refractivity contribution in [2.75, 3.05) is 37.3 Å². The van der Waals surface area contributed by atoms with Crippen molar-refractivity contribution in [2.24, 2.45) is 0 Å². The van der Waals surface area contributed by atoms with Crippen molar-refractivity contribution >= 4 is 22.4 Å². The number of anilines is 2. The summed E-state index contributed by atoms with van der Waals surface area (Å²) in [4.78, 5) is 16.8. The van der Waals surface area contributed by atoms with E-state index in [1.807, 2.05) is 12.1 Å². The summed E-state index contributed by atoms with van der Waals surface area (Å²) in [5, 5.41) is 6.37. The van der Waals surface area contributed by atoms with E-state index in [4.69, 9.17) is 15.2 Å². The molecular formula is C28H28F5N7O2. The molecule has 0 saturated heterocycles. The summed E-state index contributed by atoms with van der Waals surface area (Å²) in [7, 11) is 0. The summed E-state index contributed by atoms with van der Waals surface area (Å²) in [5.74, 6) is -2.50. The number of nitrogens with one attached hydrogen (secondary N) is 2. The molecule has 4 aromatic rings. The molecule has 0 aliphatic carbocycles. The van der Waals surface area contributed by atoms with Crippen molar-refractivity contribution in [1.82, 2.24) is 25.3 Å². The molecule has 9 nitrogen and oxygen atoms in total. The molecule has 0 bridgehead atoms. The summed E-state index contributed by atoms with van der Waals surface area (Å²) < 4.78 is 85.3. The molecule has 1 unspecified atom stereocenters. The van der Waals surface area contributed by atoms with Crippen molar-refractivity contribution in [2.45, 2.75) is 39.0 Å². The van der Waals surface area contributed by atoms with Gasteiger partial charge in [0.2, 0.25) is 5.88 Å². The zero-order valence-corrected chi connectivity index (χ0v) is 22.8. The van der Waals surface area contributed by atoms with Crippen molar-refractivity contribution in [3.05, 3.63) is 58.9 Å². The number of alkyl halides is 3. The van der Waals surface area contributed by atoms with Gasteiger partial charge in [0.25, 0.3) is 0 Å². The number of pyridine rings is 2. The van der Waals surface area contributed by atoms with Crippen molar-refractivity contribution < 1.29 is 31.4 Å². The molecule has 1 aliphatic rings. The van der Waals surface area contributed by atoms with Crippen LogP contribution in [0.4, 0.5) is 33.5 Å². The third-order valence-corrected chi connectivity index (χ3v) is 6.80. The maximum absolute atomic E-state index is 16.4. The van der Waals surface area contributed by atoms with Gasteiger partial charge in [-0.2, -0.15) is 23.1 Å². The Kier molecular flexibility index (Phi) is 8.25. The number of rotatable bonds is 5. The monoisotopic (exact) mass is 589 g/mol. The Bertz CT molecular complexity index is 1600. The topological polar surface area (TPSA) is 120 Å². The van der Waals surface area contributed by atoms with Gasteiger partial charge in [0.15, 0.2) is 5.82 Å². The Morgan fingerprint density at radius 1 is 1.07 bits per heavy atom. The van der Waals surface area contributed by atoms with Gasteiger partial charge in [-0.25, -0.2) is 13.8 Å². The number of nitrogens with zero attached hydrogens (tertiary/aromatic N) is 4. The molecule has 0 spiro atoms. The number of nitrogen functional groups attached to an aromatic ring is 1. The first-order valence-electron chi connectivity index (χ1n) is 13.2. The van der Waals surface area contributed by atoms with Gasteiger partial charge in [0, 0.05) is 37.5 Å². The molecule has 4 N–H and O–H groups in total. The first-order valence-corrected chi connectivity index (χ1v) is 13.2. The SMILES string of the molecule is Cc1c(F)c(N)cc(-c2nc3c4c(nc(OCCc5ccncc5)nc4c2F)NCCNCCC(C)O3)c1C(F)(F)F. The summed E-state index contributed by atoms with van der Waals surface area (Å²) in [6.07, 6.45) is -1.24. The van der Waals surface area contributed by atoms with Gasteiger partial charge in [-0.05, 0) is 56.1 Å². The summed E-state index contributed by atoms with van der Waals surface area (Å²) in [6, 6.07) is 4.13. The maximum atomic E-state index is 16.4. The minimum absolute atomic E-state index is 0.0341. The number of ether oxygens (including phenoxy) is 2. The van der Waals surface area contributed by atoms with Crippen LogP contribution in [0.5, 0.6) is 11.9 Å². The molecule has 1 atom stereocenters. The number of hydrogen-bond donors (Lipinski definition) is 3. The smallest absolute Gasteiger partial charge is 0.417 e.